The fraction of sp³-hybridized carbons (Fsp3) is 0.333. The van der Waals surface area contributed by atoms with E-state index in [1.807, 2.05) is 0 Å². The molecule has 0 radical (unpaired) electrons. The van der Waals surface area contributed by atoms with Gasteiger partial charge in [-0.1, -0.05) is 15.9 Å². The second kappa shape index (κ2) is 5.03. The molecule has 1 rings (SSSR count). The molecule has 0 unspecified atom stereocenters. The smallest absolute Gasteiger partial charge is 0.278 e. The highest BCUT2D eigenvalue weighted by molar-refractivity contribution is 9.08. The molecule has 0 aliphatic carbocycles. The Hall–Kier alpha value is -1.22. The highest BCUT2D eigenvalue weighted by Gasteiger charge is 2.17. The highest BCUT2D eigenvalue weighted by Crippen LogP contribution is 2.19. The van der Waals surface area contributed by atoms with Gasteiger partial charge < -0.3 is 4.98 Å². The van der Waals surface area contributed by atoms with Gasteiger partial charge in [0.05, 0.1) is 18.2 Å². The fourth-order valence-corrected chi connectivity index (χ4v) is 1.60. The third-order valence-corrected chi connectivity index (χ3v) is 2.51. The zero-order valence-electron chi connectivity index (χ0n) is 7.56. The van der Waals surface area contributed by atoms with Gasteiger partial charge in [0.2, 0.25) is 0 Å². The van der Waals surface area contributed by atoms with Crippen molar-refractivity contribution in [2.24, 2.45) is 0 Å². The van der Waals surface area contributed by atoms with E-state index in [0.717, 1.165) is 0 Å². The Kier molecular flexibility index (Phi) is 3.97. The van der Waals surface area contributed by atoms with Gasteiger partial charge >= 0.3 is 0 Å². The summed E-state index contributed by atoms with van der Waals surface area (Å²) in [5.74, 6) is 0. The van der Waals surface area contributed by atoms with E-state index in [0.29, 0.717) is 5.56 Å². The first-order valence-corrected chi connectivity index (χ1v) is 5.18. The van der Waals surface area contributed by atoms with Crippen LogP contribution in [-0.4, -0.2) is 4.98 Å². The average Bonchev–Trinajstić information content (AvgIpc) is 2.20. The number of hydrogen-bond donors (Lipinski definition) is 1. The summed E-state index contributed by atoms with van der Waals surface area (Å²) < 4.78 is 25.0. The predicted octanol–water partition coefficient (Wildman–Crippen LogP) is 2.27. The minimum absolute atomic E-state index is 0.149. The number of aromatic nitrogens is 1. The van der Waals surface area contributed by atoms with Crippen LogP contribution in [0.5, 0.6) is 0 Å². The minimum atomic E-state index is -2.77. The number of hydrogen-bond acceptors (Lipinski definition) is 2. The minimum Gasteiger partial charge on any atom is -0.360 e. The Labute approximate surface area is 92.9 Å². The molecular weight excluding hydrogens is 270 g/mol. The van der Waals surface area contributed by atoms with Gasteiger partial charge in [0.15, 0.2) is 5.43 Å². The lowest BCUT2D eigenvalue weighted by Crippen LogP contribution is -2.17. The van der Waals surface area contributed by atoms with Crippen molar-refractivity contribution in [1.29, 1.82) is 5.26 Å². The van der Waals surface area contributed by atoms with E-state index in [1.165, 1.54) is 6.20 Å². The molecule has 0 saturated heterocycles. The number of halogens is 3. The van der Waals surface area contributed by atoms with Gasteiger partial charge in [0, 0.05) is 22.7 Å². The molecule has 0 saturated carbocycles. The zero-order valence-corrected chi connectivity index (χ0v) is 9.14. The number of pyridine rings is 1. The molecule has 3 nitrogen and oxygen atoms in total. The van der Waals surface area contributed by atoms with Gasteiger partial charge in [-0.3, -0.25) is 4.79 Å². The molecule has 0 amide bonds. The molecule has 15 heavy (non-hydrogen) atoms. The third kappa shape index (κ3) is 2.42. The van der Waals surface area contributed by atoms with E-state index in [2.05, 4.69) is 20.9 Å². The molecule has 0 bridgehead atoms. The molecule has 0 aliphatic heterocycles. The molecule has 0 aromatic carbocycles. The first-order chi connectivity index (χ1) is 7.11. The molecule has 0 atom stereocenters. The monoisotopic (exact) mass is 276 g/mol. The number of nitrogens with one attached hydrogen (secondary N) is 1. The number of nitriles is 1. The van der Waals surface area contributed by atoms with Crippen LogP contribution in [0.3, 0.4) is 0 Å². The summed E-state index contributed by atoms with van der Waals surface area (Å²) in [5.41, 5.74) is -0.775. The maximum absolute atomic E-state index is 12.5. The first-order valence-electron chi connectivity index (χ1n) is 4.06. The van der Waals surface area contributed by atoms with E-state index in [-0.39, 0.29) is 17.3 Å². The Bertz CT molecular complexity index is 450. The van der Waals surface area contributed by atoms with Crippen LogP contribution >= 0.6 is 15.9 Å². The van der Waals surface area contributed by atoms with Crippen LogP contribution in [0.2, 0.25) is 0 Å². The number of rotatable bonds is 3. The van der Waals surface area contributed by atoms with Crippen LogP contribution in [0, 0.1) is 11.3 Å². The summed E-state index contributed by atoms with van der Waals surface area (Å²) in [5, 5.41) is 8.72. The van der Waals surface area contributed by atoms with Crippen molar-refractivity contribution >= 4 is 15.9 Å². The predicted molar refractivity (Wildman–Crippen MR) is 54.0 cm³/mol. The van der Waals surface area contributed by atoms with Crippen LogP contribution in [-0.2, 0) is 11.8 Å². The quantitative estimate of drug-likeness (QED) is 0.861. The van der Waals surface area contributed by atoms with E-state index in [1.54, 1.807) is 6.07 Å². The number of nitrogens with zero attached hydrogens (tertiary/aromatic N) is 1. The Balaban J connectivity index is 3.39. The van der Waals surface area contributed by atoms with Gasteiger partial charge in [-0.25, -0.2) is 8.78 Å². The lowest BCUT2D eigenvalue weighted by Gasteiger charge is -2.06. The fourth-order valence-electron chi connectivity index (χ4n) is 1.18. The summed E-state index contributed by atoms with van der Waals surface area (Å²) in [6.45, 7) is 0. The second-order valence-electron chi connectivity index (χ2n) is 2.80. The maximum Gasteiger partial charge on any atom is 0.278 e. The third-order valence-electron chi connectivity index (χ3n) is 1.91. The van der Waals surface area contributed by atoms with Crippen LogP contribution in [0.4, 0.5) is 8.78 Å². The SMILES string of the molecule is N#CCc1c(C(F)F)[nH]cc(CBr)c1=O. The van der Waals surface area contributed by atoms with Gasteiger partial charge in [-0.15, -0.1) is 0 Å². The first kappa shape index (κ1) is 11.9. The van der Waals surface area contributed by atoms with Crippen molar-refractivity contribution in [1.82, 2.24) is 4.98 Å². The van der Waals surface area contributed by atoms with Crippen LogP contribution < -0.4 is 5.43 Å². The van der Waals surface area contributed by atoms with Crippen molar-refractivity contribution in [2.75, 3.05) is 0 Å². The molecule has 1 heterocycles. The van der Waals surface area contributed by atoms with Crippen molar-refractivity contribution in [2.45, 2.75) is 18.2 Å². The topological polar surface area (TPSA) is 56.6 Å². The molecule has 1 aromatic heterocycles. The number of aromatic amines is 1. The van der Waals surface area contributed by atoms with Crippen molar-refractivity contribution in [3.8, 4) is 6.07 Å². The Morgan fingerprint density at radius 2 is 2.27 bits per heavy atom. The molecule has 6 heteroatoms. The molecule has 80 valence electrons. The second-order valence-corrected chi connectivity index (χ2v) is 3.37. The summed E-state index contributed by atoms with van der Waals surface area (Å²) in [7, 11) is 0. The number of alkyl halides is 3. The Morgan fingerprint density at radius 3 is 2.73 bits per heavy atom. The largest absolute Gasteiger partial charge is 0.360 e. The molecular formula is C9H7BrF2N2O. The van der Waals surface area contributed by atoms with E-state index in [4.69, 9.17) is 5.26 Å². The van der Waals surface area contributed by atoms with Crippen molar-refractivity contribution in [3.63, 3.8) is 0 Å². The van der Waals surface area contributed by atoms with E-state index in [9.17, 15) is 13.6 Å². The summed E-state index contributed by atoms with van der Waals surface area (Å²) in [4.78, 5) is 13.9. The normalized spacial score (nSPS) is 10.3. The van der Waals surface area contributed by atoms with Gasteiger partial charge in [-0.2, -0.15) is 5.26 Å². The van der Waals surface area contributed by atoms with Crippen molar-refractivity contribution < 1.29 is 8.78 Å². The summed E-state index contributed by atoms with van der Waals surface area (Å²) >= 11 is 3.06. The zero-order chi connectivity index (χ0) is 11.4. The molecule has 1 N–H and O–H groups in total. The van der Waals surface area contributed by atoms with Crippen LogP contribution in [0.1, 0.15) is 23.2 Å². The Morgan fingerprint density at radius 1 is 1.60 bits per heavy atom. The molecule has 0 spiro atoms. The molecule has 0 aliphatic rings. The van der Waals surface area contributed by atoms with Crippen LogP contribution in [0.25, 0.3) is 0 Å². The van der Waals surface area contributed by atoms with Crippen molar-refractivity contribution in [3.05, 3.63) is 33.2 Å². The van der Waals surface area contributed by atoms with E-state index >= 15 is 0 Å². The van der Waals surface area contributed by atoms with E-state index < -0.39 is 17.5 Å². The lowest BCUT2D eigenvalue weighted by atomic mass is 10.1. The standard InChI is InChI=1S/C9H7BrF2N2O/c10-3-5-4-14-7(9(11)12)6(1-2-13)8(5)15/h4,9H,1,3H2,(H,14,15). The summed E-state index contributed by atoms with van der Waals surface area (Å²) in [6, 6.07) is 1.70. The molecule has 0 fully saturated rings. The molecule has 1 aromatic rings. The maximum atomic E-state index is 12.5. The highest BCUT2D eigenvalue weighted by atomic mass is 79.9. The lowest BCUT2D eigenvalue weighted by molar-refractivity contribution is 0.145. The van der Waals surface area contributed by atoms with Gasteiger partial charge in [0.25, 0.3) is 6.43 Å². The average molecular weight is 277 g/mol. The van der Waals surface area contributed by atoms with Gasteiger partial charge in [-0.05, 0) is 0 Å². The summed E-state index contributed by atoms with van der Waals surface area (Å²) in [6.07, 6.45) is -1.85. The van der Waals surface area contributed by atoms with Crippen LogP contribution in [0.15, 0.2) is 11.0 Å². The van der Waals surface area contributed by atoms with Gasteiger partial charge in [0.1, 0.15) is 0 Å². The number of H-pyrrole nitrogens is 1.